The average molecular weight is 265 g/mol. The Morgan fingerprint density at radius 1 is 1.32 bits per heavy atom. The van der Waals surface area contributed by atoms with Gasteiger partial charge >= 0.3 is 0 Å². The average Bonchev–Trinajstić information content (AvgIpc) is 2.41. The molecule has 0 radical (unpaired) electrons. The maximum absolute atomic E-state index is 9.88. The van der Waals surface area contributed by atoms with Crippen LogP contribution < -0.4 is 10.1 Å². The number of aliphatic hydroxyl groups is 1. The second-order valence-corrected chi connectivity index (χ2v) is 5.25. The summed E-state index contributed by atoms with van der Waals surface area (Å²) in [5, 5.41) is 22.9. The molecule has 0 heterocycles. The highest BCUT2D eigenvalue weighted by Crippen LogP contribution is 2.26. The Labute approximate surface area is 114 Å². The van der Waals surface area contributed by atoms with Crippen LogP contribution in [0.4, 0.5) is 0 Å². The molecule has 1 aromatic carbocycles. The Balaban J connectivity index is 1.80. The van der Waals surface area contributed by atoms with Gasteiger partial charge in [0.25, 0.3) is 0 Å². The fourth-order valence-corrected chi connectivity index (χ4v) is 2.67. The lowest BCUT2D eigenvalue weighted by Gasteiger charge is -2.27. The summed E-state index contributed by atoms with van der Waals surface area (Å²) < 4.78 is 5.01. The Kier molecular flexibility index (Phi) is 5.05. The number of nitrogens with one attached hydrogen (secondary N) is 1. The van der Waals surface area contributed by atoms with Gasteiger partial charge in [-0.2, -0.15) is 0 Å². The number of benzene rings is 1. The van der Waals surface area contributed by atoms with E-state index in [0.29, 0.717) is 18.2 Å². The number of aliphatic hydroxyl groups excluding tert-OH is 1. The van der Waals surface area contributed by atoms with E-state index in [1.165, 1.54) is 13.5 Å². The molecule has 106 valence electrons. The summed E-state index contributed by atoms with van der Waals surface area (Å²) in [7, 11) is 1.54. The van der Waals surface area contributed by atoms with Crippen LogP contribution in [0.15, 0.2) is 18.2 Å². The van der Waals surface area contributed by atoms with E-state index < -0.39 is 0 Å². The molecule has 4 heteroatoms. The maximum atomic E-state index is 9.88. The Morgan fingerprint density at radius 2 is 2.11 bits per heavy atom. The highest BCUT2D eigenvalue weighted by atomic mass is 16.5. The monoisotopic (exact) mass is 265 g/mol. The number of methoxy groups -OCH3 is 1. The molecule has 0 bridgehead atoms. The second kappa shape index (κ2) is 6.78. The minimum atomic E-state index is -0.162. The summed E-state index contributed by atoms with van der Waals surface area (Å²) in [5.41, 5.74) is 1.02. The summed E-state index contributed by atoms with van der Waals surface area (Å²) >= 11 is 0. The van der Waals surface area contributed by atoms with Gasteiger partial charge in [0.2, 0.25) is 0 Å². The first-order chi connectivity index (χ1) is 9.20. The highest BCUT2D eigenvalue weighted by molar-refractivity contribution is 5.41. The molecule has 3 N–H and O–H groups in total. The molecule has 2 rings (SSSR count). The zero-order valence-electron chi connectivity index (χ0n) is 11.4. The van der Waals surface area contributed by atoms with E-state index in [-0.39, 0.29) is 11.9 Å². The normalized spacial score (nSPS) is 23.3. The molecule has 1 aliphatic rings. The van der Waals surface area contributed by atoms with Crippen LogP contribution in [0.5, 0.6) is 11.5 Å². The van der Waals surface area contributed by atoms with Crippen molar-refractivity contribution in [3.05, 3.63) is 23.8 Å². The number of ether oxygens (including phenoxy) is 1. The van der Waals surface area contributed by atoms with Crippen LogP contribution >= 0.6 is 0 Å². The third kappa shape index (κ3) is 3.85. The van der Waals surface area contributed by atoms with Gasteiger partial charge in [-0.1, -0.05) is 18.9 Å². The minimum Gasteiger partial charge on any atom is -0.504 e. The van der Waals surface area contributed by atoms with Crippen molar-refractivity contribution >= 4 is 0 Å². The standard InChI is InChI=1S/C15H23NO3/c1-19-15-7-6-11(8-14(15)18)9-16-10-12-4-2-3-5-13(12)17/h6-8,12-13,16-18H,2-5,9-10H2,1H3. The summed E-state index contributed by atoms with van der Waals surface area (Å²) in [4.78, 5) is 0. The third-order valence-electron chi connectivity index (χ3n) is 3.85. The predicted molar refractivity (Wildman–Crippen MR) is 74.3 cm³/mol. The van der Waals surface area contributed by atoms with E-state index in [1.807, 2.05) is 6.07 Å². The first-order valence-corrected chi connectivity index (χ1v) is 6.95. The molecule has 2 atom stereocenters. The van der Waals surface area contributed by atoms with E-state index >= 15 is 0 Å². The fraction of sp³-hybridized carbons (Fsp3) is 0.600. The van der Waals surface area contributed by atoms with Crippen LogP contribution in [-0.4, -0.2) is 30.0 Å². The zero-order valence-corrected chi connectivity index (χ0v) is 11.4. The summed E-state index contributed by atoms with van der Waals surface area (Å²) in [6, 6.07) is 5.41. The molecule has 0 aromatic heterocycles. The quantitative estimate of drug-likeness (QED) is 0.762. The molecule has 4 nitrogen and oxygen atoms in total. The van der Waals surface area contributed by atoms with E-state index in [1.54, 1.807) is 12.1 Å². The Morgan fingerprint density at radius 3 is 2.79 bits per heavy atom. The molecular formula is C15H23NO3. The zero-order chi connectivity index (χ0) is 13.7. The van der Waals surface area contributed by atoms with Gasteiger partial charge in [0, 0.05) is 13.1 Å². The van der Waals surface area contributed by atoms with Crippen molar-refractivity contribution in [2.75, 3.05) is 13.7 Å². The number of hydrogen-bond donors (Lipinski definition) is 3. The lowest BCUT2D eigenvalue weighted by molar-refractivity contribution is 0.0695. The van der Waals surface area contributed by atoms with E-state index in [0.717, 1.165) is 31.4 Å². The lowest BCUT2D eigenvalue weighted by atomic mass is 9.86. The topological polar surface area (TPSA) is 61.7 Å². The van der Waals surface area contributed by atoms with Crippen molar-refractivity contribution in [1.82, 2.24) is 5.32 Å². The van der Waals surface area contributed by atoms with Crippen molar-refractivity contribution < 1.29 is 14.9 Å². The largest absolute Gasteiger partial charge is 0.504 e. The van der Waals surface area contributed by atoms with Crippen molar-refractivity contribution in [2.45, 2.75) is 38.3 Å². The van der Waals surface area contributed by atoms with Crippen molar-refractivity contribution in [2.24, 2.45) is 5.92 Å². The highest BCUT2D eigenvalue weighted by Gasteiger charge is 2.22. The molecule has 19 heavy (non-hydrogen) atoms. The molecular weight excluding hydrogens is 242 g/mol. The fourth-order valence-electron chi connectivity index (χ4n) is 2.67. The Bertz CT molecular complexity index is 408. The van der Waals surface area contributed by atoms with Gasteiger partial charge in [-0.05, 0) is 36.5 Å². The minimum absolute atomic E-state index is 0.162. The first kappa shape index (κ1) is 14.2. The molecule has 0 spiro atoms. The maximum Gasteiger partial charge on any atom is 0.160 e. The van der Waals surface area contributed by atoms with Crippen molar-refractivity contribution in [1.29, 1.82) is 0 Å². The molecule has 1 aromatic rings. The van der Waals surface area contributed by atoms with Gasteiger partial charge in [0.1, 0.15) is 0 Å². The van der Waals surface area contributed by atoms with Crippen LogP contribution in [-0.2, 0) is 6.54 Å². The number of rotatable bonds is 5. The van der Waals surface area contributed by atoms with Gasteiger partial charge in [-0.3, -0.25) is 0 Å². The molecule has 2 unspecified atom stereocenters. The number of hydrogen-bond acceptors (Lipinski definition) is 4. The van der Waals surface area contributed by atoms with Crippen LogP contribution in [0.2, 0.25) is 0 Å². The Hall–Kier alpha value is -1.26. The van der Waals surface area contributed by atoms with E-state index in [2.05, 4.69) is 5.32 Å². The van der Waals surface area contributed by atoms with Crippen LogP contribution in [0.1, 0.15) is 31.2 Å². The summed E-state index contributed by atoms with van der Waals surface area (Å²) in [5.74, 6) is 1.02. The van der Waals surface area contributed by atoms with Crippen LogP contribution in [0.3, 0.4) is 0 Å². The molecule has 0 aliphatic heterocycles. The van der Waals surface area contributed by atoms with Crippen LogP contribution in [0.25, 0.3) is 0 Å². The summed E-state index contributed by atoms with van der Waals surface area (Å²) in [6.45, 7) is 1.52. The molecule has 0 saturated heterocycles. The number of phenols is 1. The van der Waals surface area contributed by atoms with Gasteiger partial charge in [-0.15, -0.1) is 0 Å². The van der Waals surface area contributed by atoms with Gasteiger partial charge in [0.05, 0.1) is 13.2 Å². The van der Waals surface area contributed by atoms with E-state index in [9.17, 15) is 10.2 Å². The van der Waals surface area contributed by atoms with Crippen LogP contribution in [0, 0.1) is 5.92 Å². The molecule has 0 amide bonds. The predicted octanol–water partition coefficient (Wildman–Crippen LogP) is 2.04. The number of aromatic hydroxyl groups is 1. The van der Waals surface area contributed by atoms with Gasteiger partial charge in [-0.25, -0.2) is 0 Å². The first-order valence-electron chi connectivity index (χ1n) is 6.95. The van der Waals surface area contributed by atoms with E-state index in [4.69, 9.17) is 4.74 Å². The molecule has 1 fully saturated rings. The van der Waals surface area contributed by atoms with Gasteiger partial charge in [0.15, 0.2) is 11.5 Å². The third-order valence-corrected chi connectivity index (χ3v) is 3.85. The molecule has 1 aliphatic carbocycles. The number of phenolic OH excluding ortho intramolecular Hbond substituents is 1. The smallest absolute Gasteiger partial charge is 0.160 e. The van der Waals surface area contributed by atoms with Gasteiger partial charge < -0.3 is 20.3 Å². The summed E-state index contributed by atoms with van der Waals surface area (Å²) in [6.07, 6.45) is 4.22. The van der Waals surface area contributed by atoms with Crippen molar-refractivity contribution in [3.8, 4) is 11.5 Å². The second-order valence-electron chi connectivity index (χ2n) is 5.25. The molecule has 1 saturated carbocycles. The SMILES string of the molecule is COc1ccc(CNCC2CCCCC2O)cc1O. The van der Waals surface area contributed by atoms with Crippen molar-refractivity contribution in [3.63, 3.8) is 0 Å². The lowest BCUT2D eigenvalue weighted by Crippen LogP contribution is -2.33.